The Morgan fingerprint density at radius 1 is 1.25 bits per heavy atom. The predicted molar refractivity (Wildman–Crippen MR) is 62.9 cm³/mol. The predicted octanol–water partition coefficient (Wildman–Crippen LogP) is 1.69. The van der Waals surface area contributed by atoms with Crippen LogP contribution in [-0.2, 0) is 14.3 Å². The minimum absolute atomic E-state index is 0.0106. The fourth-order valence-electron chi connectivity index (χ4n) is 1.40. The summed E-state index contributed by atoms with van der Waals surface area (Å²) in [6.07, 6.45) is 0.952. The molecule has 0 aromatic rings. The van der Waals surface area contributed by atoms with E-state index < -0.39 is 0 Å². The molecule has 0 aromatic carbocycles. The minimum Gasteiger partial charge on any atom is -0.469 e. The van der Waals surface area contributed by atoms with Crippen molar-refractivity contribution in [3.63, 3.8) is 0 Å². The van der Waals surface area contributed by atoms with Crippen LogP contribution in [-0.4, -0.2) is 37.0 Å². The van der Waals surface area contributed by atoms with Gasteiger partial charge in [0.05, 0.1) is 13.0 Å². The maximum atomic E-state index is 11.4. The molecule has 0 N–H and O–H groups in total. The fraction of sp³-hybridized carbons (Fsp3) is 0.833. The Balaban J connectivity index is 4.22. The summed E-state index contributed by atoms with van der Waals surface area (Å²) < 4.78 is 4.64. The van der Waals surface area contributed by atoms with Gasteiger partial charge >= 0.3 is 5.97 Å². The molecule has 0 aliphatic heterocycles. The molecule has 0 aliphatic carbocycles. The summed E-state index contributed by atoms with van der Waals surface area (Å²) in [5, 5.41) is 0. The number of ether oxygens (including phenoxy) is 1. The molecule has 0 fully saturated rings. The van der Waals surface area contributed by atoms with Gasteiger partial charge in [0.2, 0.25) is 5.91 Å². The molecule has 0 saturated heterocycles. The summed E-state index contributed by atoms with van der Waals surface area (Å²) in [7, 11) is 1.37. The summed E-state index contributed by atoms with van der Waals surface area (Å²) in [6, 6.07) is 0. The van der Waals surface area contributed by atoms with E-state index in [1.165, 1.54) is 14.0 Å². The number of amides is 1. The number of methoxy groups -OCH3 is 1. The average Bonchev–Trinajstić information content (AvgIpc) is 2.21. The van der Waals surface area contributed by atoms with Gasteiger partial charge in [-0.2, -0.15) is 0 Å². The first-order chi connectivity index (χ1) is 7.38. The smallest absolute Gasteiger partial charge is 0.310 e. The molecule has 0 radical (unpaired) electrons. The second-order valence-corrected chi connectivity index (χ2v) is 4.57. The largest absolute Gasteiger partial charge is 0.469 e. The Labute approximate surface area is 98.0 Å². The van der Waals surface area contributed by atoms with E-state index in [-0.39, 0.29) is 17.8 Å². The molecular formula is C12H23NO3. The van der Waals surface area contributed by atoms with Crippen LogP contribution in [0.4, 0.5) is 0 Å². The number of nitrogens with zero attached hydrogens (tertiary/aromatic N) is 1. The third kappa shape index (κ3) is 5.73. The lowest BCUT2D eigenvalue weighted by Gasteiger charge is -2.24. The van der Waals surface area contributed by atoms with E-state index in [1.807, 2.05) is 0 Å². The van der Waals surface area contributed by atoms with Crippen LogP contribution in [0.1, 0.15) is 34.1 Å². The van der Waals surface area contributed by atoms with Crippen molar-refractivity contribution in [2.24, 2.45) is 11.8 Å². The van der Waals surface area contributed by atoms with Gasteiger partial charge < -0.3 is 9.64 Å². The van der Waals surface area contributed by atoms with Crippen molar-refractivity contribution >= 4 is 11.9 Å². The Hall–Kier alpha value is -1.06. The second kappa shape index (κ2) is 7.25. The summed E-state index contributed by atoms with van der Waals surface area (Å²) in [5.41, 5.74) is 0. The van der Waals surface area contributed by atoms with Gasteiger partial charge in [0.15, 0.2) is 0 Å². The SMILES string of the molecule is COC(=O)C(C)CN(CCC(C)C)C(C)=O. The fourth-order valence-corrected chi connectivity index (χ4v) is 1.40. The molecule has 0 bridgehead atoms. The number of carbonyl (C=O) groups excluding carboxylic acids is 2. The van der Waals surface area contributed by atoms with Crippen LogP contribution in [0.25, 0.3) is 0 Å². The van der Waals surface area contributed by atoms with Gasteiger partial charge in [-0.1, -0.05) is 20.8 Å². The summed E-state index contributed by atoms with van der Waals surface area (Å²) in [4.78, 5) is 24.3. The first-order valence-corrected chi connectivity index (χ1v) is 5.71. The summed E-state index contributed by atoms with van der Waals surface area (Å²) in [6.45, 7) is 8.68. The Morgan fingerprint density at radius 3 is 2.19 bits per heavy atom. The lowest BCUT2D eigenvalue weighted by Crippen LogP contribution is -2.36. The van der Waals surface area contributed by atoms with Crippen LogP contribution in [0, 0.1) is 11.8 Å². The first kappa shape index (κ1) is 14.9. The lowest BCUT2D eigenvalue weighted by molar-refractivity contribution is -0.146. The standard InChI is InChI=1S/C12H23NO3/c1-9(2)6-7-13(11(4)14)8-10(3)12(15)16-5/h9-10H,6-8H2,1-5H3. The van der Waals surface area contributed by atoms with Crippen molar-refractivity contribution in [1.29, 1.82) is 0 Å². The maximum Gasteiger partial charge on any atom is 0.310 e. The highest BCUT2D eigenvalue weighted by Gasteiger charge is 2.19. The number of carbonyl (C=O) groups is 2. The van der Waals surface area contributed by atoms with Gasteiger partial charge in [-0.05, 0) is 12.3 Å². The van der Waals surface area contributed by atoms with Gasteiger partial charge in [0.1, 0.15) is 0 Å². The van der Waals surface area contributed by atoms with E-state index in [4.69, 9.17) is 0 Å². The van der Waals surface area contributed by atoms with Crippen molar-refractivity contribution < 1.29 is 14.3 Å². The molecular weight excluding hydrogens is 206 g/mol. The third-order valence-electron chi connectivity index (χ3n) is 2.52. The van der Waals surface area contributed by atoms with Gasteiger partial charge in [0, 0.05) is 20.0 Å². The maximum absolute atomic E-state index is 11.4. The first-order valence-electron chi connectivity index (χ1n) is 5.71. The number of hydrogen-bond acceptors (Lipinski definition) is 3. The normalized spacial score (nSPS) is 12.4. The minimum atomic E-state index is -0.268. The Kier molecular flexibility index (Phi) is 6.77. The molecule has 0 aliphatic rings. The second-order valence-electron chi connectivity index (χ2n) is 4.57. The summed E-state index contributed by atoms with van der Waals surface area (Å²) >= 11 is 0. The van der Waals surface area contributed by atoms with Crippen molar-refractivity contribution in [1.82, 2.24) is 4.90 Å². The van der Waals surface area contributed by atoms with E-state index in [9.17, 15) is 9.59 Å². The van der Waals surface area contributed by atoms with Crippen molar-refractivity contribution in [2.45, 2.75) is 34.1 Å². The van der Waals surface area contributed by atoms with Gasteiger partial charge in [-0.3, -0.25) is 9.59 Å². The van der Waals surface area contributed by atoms with Gasteiger partial charge in [-0.25, -0.2) is 0 Å². The highest BCUT2D eigenvalue weighted by atomic mass is 16.5. The molecule has 16 heavy (non-hydrogen) atoms. The zero-order valence-corrected chi connectivity index (χ0v) is 10.9. The van der Waals surface area contributed by atoms with E-state index in [1.54, 1.807) is 11.8 Å². The van der Waals surface area contributed by atoms with Crippen LogP contribution in [0.5, 0.6) is 0 Å². The number of hydrogen-bond donors (Lipinski definition) is 0. The van der Waals surface area contributed by atoms with Crippen LogP contribution < -0.4 is 0 Å². The molecule has 0 aromatic heterocycles. The van der Waals surface area contributed by atoms with Crippen molar-refractivity contribution in [3.8, 4) is 0 Å². The molecule has 4 heteroatoms. The molecule has 94 valence electrons. The molecule has 0 spiro atoms. The van der Waals surface area contributed by atoms with E-state index in [2.05, 4.69) is 18.6 Å². The Bertz CT molecular complexity index is 238. The molecule has 1 amide bonds. The summed E-state index contributed by atoms with van der Waals surface area (Å²) in [5.74, 6) is 0.0311. The van der Waals surface area contributed by atoms with Crippen LogP contribution in [0.2, 0.25) is 0 Å². The highest BCUT2D eigenvalue weighted by Crippen LogP contribution is 2.07. The van der Waals surface area contributed by atoms with Crippen LogP contribution >= 0.6 is 0 Å². The zero-order valence-electron chi connectivity index (χ0n) is 10.9. The zero-order chi connectivity index (χ0) is 12.7. The van der Waals surface area contributed by atoms with Crippen LogP contribution in [0.15, 0.2) is 0 Å². The number of rotatable bonds is 6. The third-order valence-corrected chi connectivity index (χ3v) is 2.52. The molecule has 0 heterocycles. The van der Waals surface area contributed by atoms with Gasteiger partial charge in [0.25, 0.3) is 0 Å². The van der Waals surface area contributed by atoms with Crippen molar-refractivity contribution in [3.05, 3.63) is 0 Å². The molecule has 0 saturated carbocycles. The lowest BCUT2D eigenvalue weighted by atomic mass is 10.1. The molecule has 1 atom stereocenters. The molecule has 0 rings (SSSR count). The number of esters is 1. The average molecular weight is 229 g/mol. The molecule has 1 unspecified atom stereocenters. The highest BCUT2D eigenvalue weighted by molar-refractivity contribution is 5.76. The van der Waals surface area contributed by atoms with Gasteiger partial charge in [-0.15, -0.1) is 0 Å². The van der Waals surface area contributed by atoms with E-state index >= 15 is 0 Å². The van der Waals surface area contributed by atoms with Crippen LogP contribution in [0.3, 0.4) is 0 Å². The molecule has 4 nitrogen and oxygen atoms in total. The topological polar surface area (TPSA) is 46.6 Å². The van der Waals surface area contributed by atoms with E-state index in [0.29, 0.717) is 19.0 Å². The van der Waals surface area contributed by atoms with Crippen molar-refractivity contribution in [2.75, 3.05) is 20.2 Å². The monoisotopic (exact) mass is 229 g/mol. The Morgan fingerprint density at radius 2 is 1.81 bits per heavy atom. The quantitative estimate of drug-likeness (QED) is 0.651. The van der Waals surface area contributed by atoms with E-state index in [0.717, 1.165) is 6.42 Å².